The summed E-state index contributed by atoms with van der Waals surface area (Å²) in [5.74, 6) is -1.68. The Kier molecular flexibility index (Phi) is 5.39. The molecule has 0 atom stereocenters. The predicted octanol–water partition coefficient (Wildman–Crippen LogP) is 4.04. The van der Waals surface area contributed by atoms with Gasteiger partial charge in [-0.2, -0.15) is 18.2 Å². The first kappa shape index (κ1) is 19.5. The van der Waals surface area contributed by atoms with Gasteiger partial charge >= 0.3 is 11.9 Å². The average molecular weight is 397 g/mol. The lowest BCUT2D eigenvalue weighted by molar-refractivity contribution is -0.141. The fourth-order valence-corrected chi connectivity index (χ4v) is 2.38. The van der Waals surface area contributed by atoms with Crippen molar-refractivity contribution in [1.82, 2.24) is 15.0 Å². The van der Waals surface area contributed by atoms with Gasteiger partial charge in [0.25, 0.3) is 0 Å². The molecule has 28 heavy (non-hydrogen) atoms. The van der Waals surface area contributed by atoms with E-state index in [9.17, 15) is 26.7 Å². The van der Waals surface area contributed by atoms with Crippen molar-refractivity contribution in [2.75, 3.05) is 0 Å². The van der Waals surface area contributed by atoms with Gasteiger partial charge in [0.2, 0.25) is 0 Å². The van der Waals surface area contributed by atoms with Crippen molar-refractivity contribution in [2.45, 2.75) is 19.0 Å². The molecule has 0 unspecified atom stereocenters. The van der Waals surface area contributed by atoms with Crippen LogP contribution < -0.4 is 10.4 Å². The maximum absolute atomic E-state index is 14.2. The molecule has 3 aromatic rings. The van der Waals surface area contributed by atoms with Crippen LogP contribution >= 0.6 is 0 Å². The highest BCUT2D eigenvalue weighted by molar-refractivity contribution is 5.34. The molecule has 1 aromatic carbocycles. The Morgan fingerprint density at radius 3 is 2.39 bits per heavy atom. The summed E-state index contributed by atoms with van der Waals surface area (Å²) in [6.45, 7) is 0. The number of ether oxygens (including phenoxy) is 1. The van der Waals surface area contributed by atoms with Gasteiger partial charge in [-0.1, -0.05) is 6.07 Å². The fourth-order valence-electron chi connectivity index (χ4n) is 2.38. The van der Waals surface area contributed by atoms with E-state index in [1.807, 2.05) is 0 Å². The van der Waals surface area contributed by atoms with Crippen LogP contribution in [0.25, 0.3) is 0 Å². The maximum Gasteiger partial charge on any atom is 0.433 e. The van der Waals surface area contributed by atoms with E-state index < -0.39 is 29.2 Å². The molecule has 0 saturated carbocycles. The molecule has 0 amide bonds. The van der Waals surface area contributed by atoms with Crippen LogP contribution in [0.3, 0.4) is 0 Å². The Bertz CT molecular complexity index is 1030. The zero-order valence-corrected chi connectivity index (χ0v) is 14.1. The summed E-state index contributed by atoms with van der Waals surface area (Å²) in [6.07, 6.45) is -2.57. The molecule has 1 N–H and O–H groups in total. The second-order valence-corrected chi connectivity index (χ2v) is 5.76. The zero-order valence-electron chi connectivity index (χ0n) is 14.1. The van der Waals surface area contributed by atoms with E-state index >= 15 is 0 Å². The fraction of sp³-hybridized carbons (Fsp3) is 0.167. The number of nitrogens with one attached hydrogen (secondary N) is 1. The molecule has 146 valence electrons. The van der Waals surface area contributed by atoms with Gasteiger partial charge in [0, 0.05) is 0 Å². The van der Waals surface area contributed by atoms with Gasteiger partial charge in [-0.25, -0.2) is 18.6 Å². The molecule has 0 radical (unpaired) electrons. The SMILES string of the molecule is O=c1ncc(F)c(CCc2ccc(Oc3ccc(C(F)(F)F)nc3)c(F)c2)[nH]1. The lowest BCUT2D eigenvalue weighted by Gasteiger charge is -2.10. The smallest absolute Gasteiger partial charge is 0.433 e. The number of aromatic nitrogens is 3. The number of rotatable bonds is 5. The van der Waals surface area contributed by atoms with Crippen molar-refractivity contribution in [3.8, 4) is 11.5 Å². The Morgan fingerprint density at radius 2 is 1.75 bits per heavy atom. The predicted molar refractivity (Wildman–Crippen MR) is 87.9 cm³/mol. The number of halogens is 5. The number of benzene rings is 1. The number of aryl methyl sites for hydroxylation is 2. The molecule has 0 aliphatic rings. The summed E-state index contributed by atoms with van der Waals surface area (Å²) in [6, 6.07) is 5.74. The van der Waals surface area contributed by atoms with Crippen LogP contribution in [0.4, 0.5) is 22.0 Å². The van der Waals surface area contributed by atoms with Gasteiger partial charge in [-0.05, 0) is 42.7 Å². The topological polar surface area (TPSA) is 67.9 Å². The number of aromatic amines is 1. The summed E-state index contributed by atoms with van der Waals surface area (Å²) < 4.78 is 70.4. The van der Waals surface area contributed by atoms with Crippen molar-refractivity contribution >= 4 is 0 Å². The van der Waals surface area contributed by atoms with Crippen LogP contribution in [0.5, 0.6) is 11.5 Å². The molecule has 0 aliphatic carbocycles. The van der Waals surface area contributed by atoms with Crippen molar-refractivity contribution < 1.29 is 26.7 Å². The van der Waals surface area contributed by atoms with E-state index in [4.69, 9.17) is 4.74 Å². The Hall–Kier alpha value is -3.30. The van der Waals surface area contributed by atoms with E-state index in [2.05, 4.69) is 15.0 Å². The van der Waals surface area contributed by atoms with Gasteiger partial charge in [0.05, 0.1) is 18.1 Å². The van der Waals surface area contributed by atoms with Crippen LogP contribution in [-0.4, -0.2) is 15.0 Å². The second-order valence-electron chi connectivity index (χ2n) is 5.76. The number of pyridine rings is 1. The summed E-state index contributed by atoms with van der Waals surface area (Å²) in [7, 11) is 0. The molecular weight excluding hydrogens is 385 g/mol. The Balaban J connectivity index is 1.68. The van der Waals surface area contributed by atoms with Crippen LogP contribution in [-0.2, 0) is 19.0 Å². The standard InChI is InChI=1S/C18H12F5N3O2/c19-12-7-10(1-4-14-13(20)9-25-17(27)26-14)2-5-15(12)28-11-3-6-16(24-8-11)18(21,22)23/h2-3,5-9H,1,4H2,(H,25,26,27). The minimum Gasteiger partial charge on any atom is -0.453 e. The molecule has 0 aliphatic heterocycles. The quantitative estimate of drug-likeness (QED) is 0.660. The number of hydrogen-bond donors (Lipinski definition) is 1. The van der Waals surface area contributed by atoms with E-state index in [1.54, 1.807) is 0 Å². The third-order valence-corrected chi connectivity index (χ3v) is 3.76. The summed E-state index contributed by atoms with van der Waals surface area (Å²) in [5, 5.41) is 0. The molecule has 2 aromatic heterocycles. The molecule has 0 saturated heterocycles. The van der Waals surface area contributed by atoms with E-state index in [1.165, 1.54) is 12.1 Å². The van der Waals surface area contributed by atoms with Crippen molar-refractivity contribution in [3.63, 3.8) is 0 Å². The average Bonchev–Trinajstić information content (AvgIpc) is 2.64. The first-order chi connectivity index (χ1) is 13.2. The summed E-state index contributed by atoms with van der Waals surface area (Å²) in [4.78, 5) is 19.9. The molecular formula is C18H12F5N3O2. The third-order valence-electron chi connectivity index (χ3n) is 3.76. The van der Waals surface area contributed by atoms with E-state index in [0.29, 0.717) is 5.56 Å². The van der Waals surface area contributed by atoms with Crippen LogP contribution in [0, 0.1) is 11.6 Å². The number of hydrogen-bond acceptors (Lipinski definition) is 4. The Morgan fingerprint density at radius 1 is 0.964 bits per heavy atom. The lowest BCUT2D eigenvalue weighted by Crippen LogP contribution is -2.14. The number of alkyl halides is 3. The third kappa shape index (κ3) is 4.70. The second kappa shape index (κ2) is 7.75. The van der Waals surface area contributed by atoms with Crippen LogP contribution in [0.15, 0.2) is 47.5 Å². The largest absolute Gasteiger partial charge is 0.453 e. The molecule has 0 fully saturated rings. The molecule has 2 heterocycles. The molecule has 0 bridgehead atoms. The summed E-state index contributed by atoms with van der Waals surface area (Å²) >= 11 is 0. The van der Waals surface area contributed by atoms with E-state index in [-0.39, 0.29) is 30.0 Å². The molecule has 0 spiro atoms. The normalized spacial score (nSPS) is 11.5. The minimum absolute atomic E-state index is 0.0524. The van der Waals surface area contributed by atoms with Gasteiger partial charge < -0.3 is 9.72 Å². The molecule has 10 heteroatoms. The lowest BCUT2D eigenvalue weighted by atomic mass is 10.1. The number of nitrogens with zero attached hydrogens (tertiary/aromatic N) is 2. The zero-order chi connectivity index (χ0) is 20.3. The van der Waals surface area contributed by atoms with Gasteiger partial charge in [-0.3, -0.25) is 0 Å². The van der Waals surface area contributed by atoms with Gasteiger partial charge in [0.1, 0.15) is 11.4 Å². The highest BCUT2D eigenvalue weighted by atomic mass is 19.4. The Labute approximate surface area is 154 Å². The monoisotopic (exact) mass is 397 g/mol. The highest BCUT2D eigenvalue weighted by Gasteiger charge is 2.32. The highest BCUT2D eigenvalue weighted by Crippen LogP contribution is 2.30. The summed E-state index contributed by atoms with van der Waals surface area (Å²) in [5.41, 5.74) is -1.21. The molecule has 5 nitrogen and oxygen atoms in total. The number of H-pyrrole nitrogens is 1. The first-order valence-electron chi connectivity index (χ1n) is 7.95. The minimum atomic E-state index is -4.58. The van der Waals surface area contributed by atoms with Crippen LogP contribution in [0.1, 0.15) is 17.0 Å². The van der Waals surface area contributed by atoms with Crippen LogP contribution in [0.2, 0.25) is 0 Å². The van der Waals surface area contributed by atoms with Crippen molar-refractivity contribution in [2.24, 2.45) is 0 Å². The van der Waals surface area contributed by atoms with Gasteiger partial charge in [0.15, 0.2) is 17.4 Å². The molecule has 3 rings (SSSR count). The van der Waals surface area contributed by atoms with E-state index in [0.717, 1.165) is 30.6 Å². The first-order valence-corrected chi connectivity index (χ1v) is 7.95. The maximum atomic E-state index is 14.2. The van der Waals surface area contributed by atoms with Crippen molar-refractivity contribution in [1.29, 1.82) is 0 Å². The van der Waals surface area contributed by atoms with Gasteiger partial charge in [-0.15, -0.1) is 0 Å². The van der Waals surface area contributed by atoms with Crippen molar-refractivity contribution in [3.05, 3.63) is 81.8 Å².